The second-order valence-electron chi connectivity index (χ2n) is 3.73. The van der Waals surface area contributed by atoms with Gasteiger partial charge in [-0.15, -0.1) is 0 Å². The first-order chi connectivity index (χ1) is 7.24. The SMILES string of the molecule is CCS(=O)CCNC(=O)[C@@H]1CCCCN1. The lowest BCUT2D eigenvalue weighted by Gasteiger charge is -2.22. The molecule has 0 saturated carbocycles. The lowest BCUT2D eigenvalue weighted by atomic mass is 10.0. The van der Waals surface area contributed by atoms with Gasteiger partial charge in [-0.2, -0.15) is 0 Å². The molecule has 1 aliphatic rings. The highest BCUT2D eigenvalue weighted by Gasteiger charge is 2.19. The maximum Gasteiger partial charge on any atom is 0.237 e. The molecule has 5 heteroatoms. The van der Waals surface area contributed by atoms with Crippen LogP contribution in [0.1, 0.15) is 26.2 Å². The Morgan fingerprint density at radius 3 is 2.93 bits per heavy atom. The Kier molecular flexibility index (Phi) is 5.86. The van der Waals surface area contributed by atoms with Gasteiger partial charge in [0.1, 0.15) is 0 Å². The standard InChI is InChI=1S/C10H20N2O2S/c1-2-15(14)8-7-12-10(13)9-5-3-4-6-11-9/h9,11H,2-8H2,1H3,(H,12,13)/t9-,15?/m0/s1. The lowest BCUT2D eigenvalue weighted by Crippen LogP contribution is -2.47. The number of amides is 1. The van der Waals surface area contributed by atoms with E-state index in [-0.39, 0.29) is 11.9 Å². The third-order valence-corrected chi connectivity index (χ3v) is 3.88. The summed E-state index contributed by atoms with van der Waals surface area (Å²) in [5, 5.41) is 6.01. The van der Waals surface area contributed by atoms with Crippen LogP contribution < -0.4 is 10.6 Å². The zero-order valence-corrected chi connectivity index (χ0v) is 10.1. The van der Waals surface area contributed by atoms with Gasteiger partial charge in [-0.05, 0) is 19.4 Å². The fraction of sp³-hybridized carbons (Fsp3) is 0.900. The van der Waals surface area contributed by atoms with Crippen LogP contribution in [0.2, 0.25) is 0 Å². The molecule has 0 aromatic heterocycles. The van der Waals surface area contributed by atoms with Crippen molar-refractivity contribution >= 4 is 16.7 Å². The molecule has 1 fully saturated rings. The van der Waals surface area contributed by atoms with E-state index in [0.29, 0.717) is 18.1 Å². The lowest BCUT2D eigenvalue weighted by molar-refractivity contribution is -0.123. The van der Waals surface area contributed by atoms with E-state index in [1.54, 1.807) is 0 Å². The normalized spacial score (nSPS) is 23.4. The molecule has 1 saturated heterocycles. The summed E-state index contributed by atoms with van der Waals surface area (Å²) in [5.41, 5.74) is 0. The van der Waals surface area contributed by atoms with Crippen molar-refractivity contribution in [3.05, 3.63) is 0 Å². The molecule has 15 heavy (non-hydrogen) atoms. The van der Waals surface area contributed by atoms with Crippen molar-refractivity contribution in [2.24, 2.45) is 0 Å². The summed E-state index contributed by atoms with van der Waals surface area (Å²) in [6.45, 7) is 3.34. The van der Waals surface area contributed by atoms with E-state index in [2.05, 4.69) is 10.6 Å². The van der Waals surface area contributed by atoms with E-state index in [0.717, 1.165) is 25.8 Å². The molecule has 0 aromatic rings. The third-order valence-electron chi connectivity index (χ3n) is 2.58. The molecule has 0 spiro atoms. The highest BCUT2D eigenvalue weighted by atomic mass is 32.2. The van der Waals surface area contributed by atoms with Crippen molar-refractivity contribution in [3.8, 4) is 0 Å². The fourth-order valence-electron chi connectivity index (χ4n) is 1.63. The van der Waals surface area contributed by atoms with E-state index in [9.17, 15) is 9.00 Å². The van der Waals surface area contributed by atoms with Gasteiger partial charge in [0, 0.05) is 28.9 Å². The molecule has 0 aromatic carbocycles. The first-order valence-corrected chi connectivity index (χ1v) is 7.09. The van der Waals surface area contributed by atoms with Gasteiger partial charge in [-0.1, -0.05) is 13.3 Å². The molecule has 1 unspecified atom stereocenters. The average Bonchev–Trinajstić information content (AvgIpc) is 2.29. The minimum atomic E-state index is -0.783. The van der Waals surface area contributed by atoms with E-state index >= 15 is 0 Å². The summed E-state index contributed by atoms with van der Waals surface area (Å²) in [4.78, 5) is 11.6. The van der Waals surface area contributed by atoms with Crippen molar-refractivity contribution < 1.29 is 9.00 Å². The molecule has 1 heterocycles. The largest absolute Gasteiger partial charge is 0.354 e. The van der Waals surface area contributed by atoms with Crippen molar-refractivity contribution in [1.29, 1.82) is 0 Å². The molecule has 0 bridgehead atoms. The third kappa shape index (κ3) is 4.75. The monoisotopic (exact) mass is 232 g/mol. The number of hydrogen-bond donors (Lipinski definition) is 2. The predicted molar refractivity (Wildman–Crippen MR) is 62.2 cm³/mol. The van der Waals surface area contributed by atoms with Crippen LogP contribution in [0.5, 0.6) is 0 Å². The molecule has 2 atom stereocenters. The van der Waals surface area contributed by atoms with Crippen LogP contribution in [-0.2, 0) is 15.6 Å². The molecular formula is C10H20N2O2S. The highest BCUT2D eigenvalue weighted by Crippen LogP contribution is 2.06. The predicted octanol–water partition coefficient (Wildman–Crippen LogP) is 0.0133. The Balaban J connectivity index is 2.14. The summed E-state index contributed by atoms with van der Waals surface area (Å²) in [6, 6.07) is -0.0335. The molecular weight excluding hydrogens is 212 g/mol. The van der Waals surface area contributed by atoms with E-state index in [1.165, 1.54) is 0 Å². The zero-order valence-electron chi connectivity index (χ0n) is 9.25. The van der Waals surface area contributed by atoms with Crippen molar-refractivity contribution in [1.82, 2.24) is 10.6 Å². The van der Waals surface area contributed by atoms with Crippen molar-refractivity contribution in [2.45, 2.75) is 32.2 Å². The van der Waals surface area contributed by atoms with Crippen LogP contribution in [0.25, 0.3) is 0 Å². The zero-order chi connectivity index (χ0) is 11.1. The summed E-state index contributed by atoms with van der Waals surface area (Å²) in [7, 11) is -0.783. The molecule has 1 aliphatic heterocycles. The quantitative estimate of drug-likeness (QED) is 0.702. The van der Waals surface area contributed by atoms with Gasteiger partial charge in [0.2, 0.25) is 5.91 Å². The summed E-state index contributed by atoms with van der Waals surface area (Å²) < 4.78 is 11.1. The van der Waals surface area contributed by atoms with Gasteiger partial charge in [0.05, 0.1) is 6.04 Å². The Hall–Kier alpha value is -0.420. The average molecular weight is 232 g/mol. The minimum Gasteiger partial charge on any atom is -0.354 e. The van der Waals surface area contributed by atoms with Crippen LogP contribution in [0.3, 0.4) is 0 Å². The molecule has 2 N–H and O–H groups in total. The minimum absolute atomic E-state index is 0.0335. The molecule has 0 radical (unpaired) electrons. The molecule has 4 nitrogen and oxygen atoms in total. The number of piperidine rings is 1. The summed E-state index contributed by atoms with van der Waals surface area (Å²) >= 11 is 0. The Bertz CT molecular complexity index is 227. The molecule has 1 amide bonds. The second-order valence-corrected chi connectivity index (χ2v) is 5.59. The van der Waals surface area contributed by atoms with Crippen LogP contribution in [-0.4, -0.2) is 40.8 Å². The smallest absolute Gasteiger partial charge is 0.237 e. The Morgan fingerprint density at radius 1 is 1.53 bits per heavy atom. The first-order valence-electron chi connectivity index (χ1n) is 5.60. The van der Waals surface area contributed by atoms with E-state index < -0.39 is 10.8 Å². The first kappa shape index (κ1) is 12.6. The summed E-state index contributed by atoms with van der Waals surface area (Å²) in [6.07, 6.45) is 3.19. The van der Waals surface area contributed by atoms with Gasteiger partial charge >= 0.3 is 0 Å². The van der Waals surface area contributed by atoms with Gasteiger partial charge in [0.25, 0.3) is 0 Å². The fourth-order valence-corrected chi connectivity index (χ4v) is 2.25. The molecule has 1 rings (SSSR count). The van der Waals surface area contributed by atoms with Crippen molar-refractivity contribution in [2.75, 3.05) is 24.6 Å². The van der Waals surface area contributed by atoms with E-state index in [1.807, 2.05) is 6.92 Å². The maximum absolute atomic E-state index is 11.6. The number of carbonyl (C=O) groups excluding carboxylic acids is 1. The number of carbonyl (C=O) groups is 1. The van der Waals surface area contributed by atoms with Gasteiger partial charge < -0.3 is 10.6 Å². The number of hydrogen-bond acceptors (Lipinski definition) is 3. The van der Waals surface area contributed by atoms with Crippen LogP contribution in [0, 0.1) is 0 Å². The second kappa shape index (κ2) is 6.95. The van der Waals surface area contributed by atoms with Crippen molar-refractivity contribution in [3.63, 3.8) is 0 Å². The van der Waals surface area contributed by atoms with Gasteiger partial charge in [-0.25, -0.2) is 0 Å². The number of rotatable bonds is 5. The molecule has 0 aliphatic carbocycles. The molecule has 88 valence electrons. The van der Waals surface area contributed by atoms with Gasteiger partial charge in [0.15, 0.2) is 0 Å². The maximum atomic E-state index is 11.6. The van der Waals surface area contributed by atoms with Crippen LogP contribution >= 0.6 is 0 Å². The Labute approximate surface area is 93.7 Å². The highest BCUT2D eigenvalue weighted by molar-refractivity contribution is 7.84. The van der Waals surface area contributed by atoms with Crippen LogP contribution in [0.4, 0.5) is 0 Å². The van der Waals surface area contributed by atoms with Crippen LogP contribution in [0.15, 0.2) is 0 Å². The van der Waals surface area contributed by atoms with E-state index in [4.69, 9.17) is 0 Å². The topological polar surface area (TPSA) is 58.2 Å². The van der Waals surface area contributed by atoms with Gasteiger partial charge in [-0.3, -0.25) is 9.00 Å². The number of nitrogens with one attached hydrogen (secondary N) is 2. The summed E-state index contributed by atoms with van der Waals surface area (Å²) in [5.74, 6) is 1.29. The Morgan fingerprint density at radius 2 is 2.33 bits per heavy atom.